The summed E-state index contributed by atoms with van der Waals surface area (Å²) >= 11 is 1.52. The van der Waals surface area contributed by atoms with E-state index in [9.17, 15) is 0 Å². The molecule has 0 aliphatic heterocycles. The highest BCUT2D eigenvalue weighted by Crippen LogP contribution is 2.33. The second-order valence-corrected chi connectivity index (χ2v) is 4.87. The standard InChI is InChI=1S/C14H12N2OS/c15-9-10-5-6-13(18-14-16-7-8-17-14)12-4-2-1-3-11(10)12/h1-8H,9,15H2. The van der Waals surface area contributed by atoms with Crippen LogP contribution in [0.1, 0.15) is 5.56 Å². The number of hydrogen-bond donors (Lipinski definition) is 1. The van der Waals surface area contributed by atoms with E-state index < -0.39 is 0 Å². The molecular weight excluding hydrogens is 244 g/mol. The lowest BCUT2D eigenvalue weighted by Crippen LogP contribution is -1.97. The highest BCUT2D eigenvalue weighted by Gasteiger charge is 2.08. The third-order valence-electron chi connectivity index (χ3n) is 2.80. The quantitative estimate of drug-likeness (QED) is 0.780. The third-order valence-corrected chi connectivity index (χ3v) is 3.75. The van der Waals surface area contributed by atoms with E-state index in [4.69, 9.17) is 10.2 Å². The summed E-state index contributed by atoms with van der Waals surface area (Å²) in [7, 11) is 0. The summed E-state index contributed by atoms with van der Waals surface area (Å²) in [5.74, 6) is 0. The Kier molecular flexibility index (Phi) is 3.04. The van der Waals surface area contributed by atoms with Gasteiger partial charge in [0.2, 0.25) is 0 Å². The minimum Gasteiger partial charge on any atom is -0.440 e. The van der Waals surface area contributed by atoms with Gasteiger partial charge < -0.3 is 10.2 Å². The maximum Gasteiger partial charge on any atom is 0.260 e. The van der Waals surface area contributed by atoms with Crippen LogP contribution >= 0.6 is 11.8 Å². The Balaban J connectivity index is 2.13. The lowest BCUT2D eigenvalue weighted by atomic mass is 10.0. The minimum atomic E-state index is 0.546. The fourth-order valence-corrected chi connectivity index (χ4v) is 2.79. The van der Waals surface area contributed by atoms with Crippen LogP contribution in [0.5, 0.6) is 0 Å². The monoisotopic (exact) mass is 256 g/mol. The summed E-state index contributed by atoms with van der Waals surface area (Å²) in [6.45, 7) is 0.546. The molecule has 0 bridgehead atoms. The minimum absolute atomic E-state index is 0.546. The van der Waals surface area contributed by atoms with Gasteiger partial charge in [-0.15, -0.1) is 0 Å². The van der Waals surface area contributed by atoms with Gasteiger partial charge in [0.05, 0.1) is 6.20 Å². The molecule has 90 valence electrons. The number of rotatable bonds is 3. The molecule has 0 aliphatic carbocycles. The van der Waals surface area contributed by atoms with E-state index >= 15 is 0 Å². The summed E-state index contributed by atoms with van der Waals surface area (Å²) in [5.41, 5.74) is 6.92. The van der Waals surface area contributed by atoms with Gasteiger partial charge in [-0.05, 0) is 34.2 Å². The lowest BCUT2D eigenvalue weighted by molar-refractivity contribution is 0.454. The molecule has 3 nitrogen and oxygen atoms in total. The molecule has 0 fully saturated rings. The zero-order valence-electron chi connectivity index (χ0n) is 9.67. The molecule has 0 amide bonds. The summed E-state index contributed by atoms with van der Waals surface area (Å²) in [6.07, 6.45) is 3.23. The van der Waals surface area contributed by atoms with Crippen LogP contribution in [0.2, 0.25) is 0 Å². The molecule has 2 aromatic carbocycles. The molecule has 18 heavy (non-hydrogen) atoms. The first kappa shape index (κ1) is 11.3. The Morgan fingerprint density at radius 2 is 1.94 bits per heavy atom. The molecule has 2 N–H and O–H groups in total. The number of fused-ring (bicyclic) bond motifs is 1. The highest BCUT2D eigenvalue weighted by atomic mass is 32.2. The maximum absolute atomic E-state index is 5.76. The summed E-state index contributed by atoms with van der Waals surface area (Å²) in [6, 6.07) is 12.4. The largest absolute Gasteiger partial charge is 0.440 e. The number of oxazole rings is 1. The van der Waals surface area contributed by atoms with Crippen LogP contribution in [0, 0.1) is 0 Å². The van der Waals surface area contributed by atoms with Crippen molar-refractivity contribution in [1.29, 1.82) is 0 Å². The van der Waals surface area contributed by atoms with Gasteiger partial charge in [0, 0.05) is 11.4 Å². The smallest absolute Gasteiger partial charge is 0.260 e. The van der Waals surface area contributed by atoms with Gasteiger partial charge in [-0.25, -0.2) is 4.98 Å². The fourth-order valence-electron chi connectivity index (χ4n) is 1.96. The molecule has 0 atom stereocenters. The highest BCUT2D eigenvalue weighted by molar-refractivity contribution is 7.99. The van der Waals surface area contributed by atoms with Crippen molar-refractivity contribution in [3.8, 4) is 0 Å². The molecular formula is C14H12N2OS. The summed E-state index contributed by atoms with van der Waals surface area (Å²) in [5, 5.41) is 3.03. The van der Waals surface area contributed by atoms with E-state index in [1.54, 1.807) is 12.5 Å². The summed E-state index contributed by atoms with van der Waals surface area (Å²) < 4.78 is 5.27. The molecule has 3 aromatic rings. The van der Waals surface area contributed by atoms with Crippen molar-refractivity contribution in [3.05, 3.63) is 54.4 Å². The maximum atomic E-state index is 5.76. The molecule has 3 rings (SSSR count). The number of aromatic nitrogens is 1. The van der Waals surface area contributed by atoms with Crippen molar-refractivity contribution < 1.29 is 4.42 Å². The van der Waals surface area contributed by atoms with Crippen LogP contribution < -0.4 is 5.73 Å². The second-order valence-electron chi connectivity index (χ2n) is 3.87. The fraction of sp³-hybridized carbons (Fsp3) is 0.0714. The molecule has 0 radical (unpaired) electrons. The summed E-state index contributed by atoms with van der Waals surface area (Å²) in [4.78, 5) is 5.26. The van der Waals surface area contributed by atoms with Gasteiger partial charge in [-0.3, -0.25) is 0 Å². The van der Waals surface area contributed by atoms with Gasteiger partial charge >= 0.3 is 0 Å². The Morgan fingerprint density at radius 3 is 2.67 bits per heavy atom. The van der Waals surface area contributed by atoms with Crippen molar-refractivity contribution in [1.82, 2.24) is 4.98 Å². The molecule has 0 saturated carbocycles. The van der Waals surface area contributed by atoms with Crippen LogP contribution in [0.15, 0.2) is 63.4 Å². The van der Waals surface area contributed by atoms with Crippen molar-refractivity contribution in [2.45, 2.75) is 16.7 Å². The zero-order valence-corrected chi connectivity index (χ0v) is 10.5. The van der Waals surface area contributed by atoms with Gasteiger partial charge in [0.15, 0.2) is 0 Å². The van der Waals surface area contributed by atoms with Gasteiger partial charge in [0.25, 0.3) is 5.22 Å². The molecule has 4 heteroatoms. The third kappa shape index (κ3) is 2.00. The predicted octanol–water partition coefficient (Wildman–Crippen LogP) is 3.44. The number of benzene rings is 2. The second kappa shape index (κ2) is 4.84. The average molecular weight is 256 g/mol. The zero-order chi connectivity index (χ0) is 12.4. The van der Waals surface area contributed by atoms with Crippen LogP contribution in [-0.2, 0) is 6.54 Å². The lowest BCUT2D eigenvalue weighted by Gasteiger charge is -2.08. The van der Waals surface area contributed by atoms with Gasteiger partial charge in [0.1, 0.15) is 6.26 Å². The first-order chi connectivity index (χ1) is 8.88. The topological polar surface area (TPSA) is 52.0 Å². The molecule has 0 spiro atoms. The molecule has 0 unspecified atom stereocenters. The molecule has 1 aromatic heterocycles. The molecule has 1 heterocycles. The Bertz CT molecular complexity index is 665. The van der Waals surface area contributed by atoms with Crippen molar-refractivity contribution in [3.63, 3.8) is 0 Å². The van der Waals surface area contributed by atoms with E-state index in [2.05, 4.69) is 29.2 Å². The Hall–Kier alpha value is -1.78. The average Bonchev–Trinajstić information content (AvgIpc) is 2.92. The van der Waals surface area contributed by atoms with Crippen LogP contribution in [0.3, 0.4) is 0 Å². The van der Waals surface area contributed by atoms with Crippen LogP contribution in [-0.4, -0.2) is 4.98 Å². The number of nitrogens with two attached hydrogens (primary N) is 1. The first-order valence-corrected chi connectivity index (χ1v) is 6.48. The van der Waals surface area contributed by atoms with Gasteiger partial charge in [-0.1, -0.05) is 30.3 Å². The number of hydrogen-bond acceptors (Lipinski definition) is 4. The Morgan fingerprint density at radius 1 is 1.11 bits per heavy atom. The van der Waals surface area contributed by atoms with Crippen LogP contribution in [0.25, 0.3) is 10.8 Å². The van der Waals surface area contributed by atoms with E-state index in [-0.39, 0.29) is 0 Å². The van der Waals surface area contributed by atoms with E-state index in [0.29, 0.717) is 11.8 Å². The molecule has 0 saturated heterocycles. The van der Waals surface area contributed by atoms with Crippen molar-refractivity contribution in [2.24, 2.45) is 5.73 Å². The number of nitrogens with zero attached hydrogens (tertiary/aromatic N) is 1. The van der Waals surface area contributed by atoms with E-state index in [0.717, 1.165) is 10.5 Å². The molecule has 0 aliphatic rings. The first-order valence-electron chi connectivity index (χ1n) is 5.66. The normalized spacial score (nSPS) is 10.9. The van der Waals surface area contributed by atoms with Gasteiger partial charge in [-0.2, -0.15) is 0 Å². The predicted molar refractivity (Wildman–Crippen MR) is 72.5 cm³/mol. The van der Waals surface area contributed by atoms with Crippen LogP contribution in [0.4, 0.5) is 0 Å². The van der Waals surface area contributed by atoms with E-state index in [1.165, 1.54) is 22.5 Å². The SMILES string of the molecule is NCc1ccc(Sc2ncco2)c2ccccc12. The van der Waals surface area contributed by atoms with Crippen molar-refractivity contribution >= 4 is 22.5 Å². The Labute approximate surface area is 109 Å². The van der Waals surface area contributed by atoms with Crippen molar-refractivity contribution in [2.75, 3.05) is 0 Å². The van der Waals surface area contributed by atoms with E-state index in [1.807, 2.05) is 12.1 Å².